The highest BCUT2D eigenvalue weighted by atomic mass is 19.1. The maximum atomic E-state index is 13.5. The van der Waals surface area contributed by atoms with Crippen LogP contribution in [0.15, 0.2) is 27.5 Å². The quantitative estimate of drug-likeness (QED) is 0.470. The Bertz CT molecular complexity index is 1320. The van der Waals surface area contributed by atoms with Crippen molar-refractivity contribution >= 4 is 16.9 Å². The van der Waals surface area contributed by atoms with Gasteiger partial charge >= 0.3 is 5.97 Å². The number of carbonyl (C=O) groups excluding carboxylic acids is 1. The molecule has 0 aliphatic carbocycles. The minimum Gasteiger partial charge on any atom is -0.454 e. The van der Waals surface area contributed by atoms with Crippen LogP contribution >= 0.6 is 0 Å². The van der Waals surface area contributed by atoms with E-state index >= 15 is 0 Å². The van der Waals surface area contributed by atoms with Gasteiger partial charge in [0.1, 0.15) is 5.82 Å². The summed E-state index contributed by atoms with van der Waals surface area (Å²) in [7, 11) is 0. The first-order valence-electron chi connectivity index (χ1n) is 12.9. The maximum Gasteiger partial charge on any atom is 0.309 e. The van der Waals surface area contributed by atoms with Gasteiger partial charge in [0.15, 0.2) is 17.5 Å². The van der Waals surface area contributed by atoms with Gasteiger partial charge in [-0.05, 0) is 64.3 Å². The second-order valence-electron chi connectivity index (χ2n) is 10.3. The van der Waals surface area contributed by atoms with E-state index in [0.29, 0.717) is 30.8 Å². The topological polar surface area (TPSA) is 90.5 Å². The zero-order valence-electron chi connectivity index (χ0n) is 21.1. The third-order valence-corrected chi connectivity index (χ3v) is 7.48. The number of benzene rings is 1. The molecule has 8 nitrogen and oxygen atoms in total. The molecular weight excluding hydrogens is 463 g/mol. The van der Waals surface area contributed by atoms with Crippen molar-refractivity contribution in [3.63, 3.8) is 0 Å². The van der Waals surface area contributed by atoms with E-state index in [4.69, 9.17) is 14.2 Å². The molecule has 2 aliphatic rings. The van der Waals surface area contributed by atoms with Gasteiger partial charge in [0.25, 0.3) is 5.56 Å². The zero-order chi connectivity index (χ0) is 25.4. The van der Waals surface area contributed by atoms with Gasteiger partial charge in [0, 0.05) is 41.7 Å². The van der Waals surface area contributed by atoms with E-state index in [9.17, 15) is 14.0 Å². The summed E-state index contributed by atoms with van der Waals surface area (Å²) in [4.78, 5) is 32.6. The standard InChI is InChI=1S/C27H33FN4O4/c1-16(2)27(34)35-22-5-4-11-32-25(22)29-17(3)20(26(32)33)10-14-31-12-8-18(9-13-31)24-21-7-6-19(28)15-23(21)36-30-24/h6-7,15-16,18,22H,4-5,8-14H2,1-3H3. The van der Waals surface area contributed by atoms with Crippen LogP contribution in [-0.4, -0.2) is 45.2 Å². The SMILES string of the molecule is Cc1nc2n(c(=O)c1CCN1CCC(c3noc4cc(F)ccc34)CC1)CCCC2OC(=O)C(C)C. The Morgan fingerprint density at radius 3 is 2.75 bits per heavy atom. The minimum absolute atomic E-state index is 0.0148. The molecule has 0 bridgehead atoms. The third-order valence-electron chi connectivity index (χ3n) is 7.48. The molecule has 9 heteroatoms. The van der Waals surface area contributed by atoms with Gasteiger partial charge < -0.3 is 14.2 Å². The largest absolute Gasteiger partial charge is 0.454 e. The molecule has 0 spiro atoms. The molecule has 1 fully saturated rings. The van der Waals surface area contributed by atoms with Crippen LogP contribution in [0.5, 0.6) is 0 Å². The van der Waals surface area contributed by atoms with Crippen molar-refractivity contribution in [1.82, 2.24) is 19.6 Å². The van der Waals surface area contributed by atoms with Crippen LogP contribution in [0.4, 0.5) is 4.39 Å². The third kappa shape index (κ3) is 4.81. The van der Waals surface area contributed by atoms with Crippen LogP contribution in [0.1, 0.15) is 74.3 Å². The van der Waals surface area contributed by atoms with Crippen molar-refractivity contribution in [3.05, 3.63) is 57.1 Å². The normalized spacial score (nSPS) is 19.1. The lowest BCUT2D eigenvalue weighted by Crippen LogP contribution is -2.38. The van der Waals surface area contributed by atoms with Gasteiger partial charge in [-0.1, -0.05) is 19.0 Å². The number of fused-ring (bicyclic) bond motifs is 2. The smallest absolute Gasteiger partial charge is 0.309 e. The number of aryl methyl sites for hydroxylation is 1. The highest BCUT2D eigenvalue weighted by Crippen LogP contribution is 2.33. The zero-order valence-corrected chi connectivity index (χ0v) is 21.1. The Labute approximate surface area is 209 Å². The van der Waals surface area contributed by atoms with Gasteiger partial charge in [-0.25, -0.2) is 9.37 Å². The number of carbonyl (C=O) groups is 1. The molecule has 3 aromatic rings. The first kappa shape index (κ1) is 24.6. The lowest BCUT2D eigenvalue weighted by atomic mass is 9.91. The Hall–Kier alpha value is -3.07. The van der Waals surface area contributed by atoms with Crippen LogP contribution in [0, 0.1) is 18.7 Å². The molecule has 1 atom stereocenters. The molecule has 1 unspecified atom stereocenters. The summed E-state index contributed by atoms with van der Waals surface area (Å²) in [5, 5.41) is 5.12. The van der Waals surface area contributed by atoms with Crippen LogP contribution in [0.2, 0.25) is 0 Å². The van der Waals surface area contributed by atoms with Crippen molar-refractivity contribution in [2.75, 3.05) is 19.6 Å². The van der Waals surface area contributed by atoms with Crippen LogP contribution in [0.3, 0.4) is 0 Å². The van der Waals surface area contributed by atoms with E-state index in [1.165, 1.54) is 12.1 Å². The fraction of sp³-hybridized carbons (Fsp3) is 0.556. The summed E-state index contributed by atoms with van der Waals surface area (Å²) in [5.41, 5.74) is 2.84. The summed E-state index contributed by atoms with van der Waals surface area (Å²) < 4.78 is 26.2. The number of aromatic nitrogens is 3. The van der Waals surface area contributed by atoms with Gasteiger partial charge in [-0.15, -0.1) is 0 Å². The van der Waals surface area contributed by atoms with Gasteiger partial charge in [0.2, 0.25) is 0 Å². The van der Waals surface area contributed by atoms with Crippen LogP contribution in [-0.2, 0) is 22.5 Å². The van der Waals surface area contributed by atoms with Gasteiger partial charge in [-0.3, -0.25) is 14.2 Å². The summed E-state index contributed by atoms with van der Waals surface area (Å²) in [6, 6.07) is 4.57. The van der Waals surface area contributed by atoms with Gasteiger partial charge in [0.05, 0.1) is 11.6 Å². The Morgan fingerprint density at radius 1 is 1.22 bits per heavy atom. The Kier molecular flexibility index (Phi) is 6.92. The van der Waals surface area contributed by atoms with Crippen molar-refractivity contribution in [2.24, 2.45) is 5.92 Å². The molecule has 36 heavy (non-hydrogen) atoms. The average molecular weight is 497 g/mol. The number of hydrogen-bond donors (Lipinski definition) is 0. The molecule has 192 valence electrons. The molecule has 2 aromatic heterocycles. The number of halogens is 1. The van der Waals surface area contributed by atoms with Crippen molar-refractivity contribution < 1.29 is 18.4 Å². The Morgan fingerprint density at radius 2 is 2.00 bits per heavy atom. The summed E-state index contributed by atoms with van der Waals surface area (Å²) in [6.07, 6.45) is 3.51. The monoisotopic (exact) mass is 496 g/mol. The molecule has 5 rings (SSSR count). The minimum atomic E-state index is -0.461. The van der Waals surface area contributed by atoms with Gasteiger partial charge in [-0.2, -0.15) is 0 Å². The number of rotatable bonds is 6. The fourth-order valence-electron chi connectivity index (χ4n) is 5.35. The molecule has 1 saturated heterocycles. The molecule has 4 heterocycles. The number of nitrogens with zero attached hydrogens (tertiary/aromatic N) is 4. The first-order chi connectivity index (χ1) is 17.3. The van der Waals surface area contributed by atoms with E-state index in [0.717, 1.165) is 61.2 Å². The number of ether oxygens (including phenoxy) is 1. The molecule has 2 aliphatic heterocycles. The van der Waals surface area contributed by atoms with Crippen molar-refractivity contribution in [1.29, 1.82) is 0 Å². The number of piperidine rings is 1. The lowest BCUT2D eigenvalue weighted by molar-refractivity contribution is -0.154. The van der Waals surface area contributed by atoms with Crippen LogP contribution in [0.25, 0.3) is 11.0 Å². The predicted molar refractivity (Wildman–Crippen MR) is 132 cm³/mol. The van der Waals surface area contributed by atoms with Crippen molar-refractivity contribution in [3.8, 4) is 0 Å². The summed E-state index contributed by atoms with van der Waals surface area (Å²) in [5.74, 6) is 0.0365. The molecule has 0 saturated carbocycles. The summed E-state index contributed by atoms with van der Waals surface area (Å²) >= 11 is 0. The van der Waals surface area contributed by atoms with E-state index in [2.05, 4.69) is 10.1 Å². The highest BCUT2D eigenvalue weighted by molar-refractivity contribution is 5.79. The predicted octanol–water partition coefficient (Wildman–Crippen LogP) is 4.29. The molecule has 0 N–H and O–H groups in total. The molecular formula is C27H33FN4O4. The molecule has 0 amide bonds. The lowest BCUT2D eigenvalue weighted by Gasteiger charge is -2.31. The number of likely N-dealkylation sites (tertiary alicyclic amines) is 1. The second-order valence-corrected chi connectivity index (χ2v) is 10.3. The molecule has 1 aromatic carbocycles. The Balaban J connectivity index is 1.23. The van der Waals surface area contributed by atoms with Crippen molar-refractivity contribution in [2.45, 2.75) is 71.4 Å². The highest BCUT2D eigenvalue weighted by Gasteiger charge is 2.29. The van der Waals surface area contributed by atoms with Crippen LogP contribution < -0.4 is 5.56 Å². The van der Waals surface area contributed by atoms with E-state index < -0.39 is 6.10 Å². The first-order valence-corrected chi connectivity index (χ1v) is 12.9. The van der Waals surface area contributed by atoms with E-state index in [-0.39, 0.29) is 29.2 Å². The molecule has 0 radical (unpaired) electrons. The second kappa shape index (κ2) is 10.1. The van der Waals surface area contributed by atoms with E-state index in [1.807, 2.05) is 6.92 Å². The fourth-order valence-corrected chi connectivity index (χ4v) is 5.35. The number of esters is 1. The average Bonchev–Trinajstić information content (AvgIpc) is 3.27. The maximum absolute atomic E-state index is 13.5. The number of hydrogen-bond acceptors (Lipinski definition) is 7. The van der Waals surface area contributed by atoms with E-state index in [1.54, 1.807) is 24.5 Å². The summed E-state index contributed by atoms with van der Waals surface area (Å²) in [6.45, 7) is 8.65.